The van der Waals surface area contributed by atoms with Crippen LogP contribution in [0.25, 0.3) is 0 Å². The number of benzene rings is 1. The number of piperidine rings is 1. The zero-order valence-corrected chi connectivity index (χ0v) is 12.9. The molecule has 2 N–H and O–H groups in total. The van der Waals surface area contributed by atoms with Crippen molar-refractivity contribution < 1.29 is 18.4 Å². The van der Waals surface area contributed by atoms with Crippen molar-refractivity contribution in [3.05, 3.63) is 59.4 Å². The average molecular weight is 333 g/mol. The Balaban J connectivity index is 1.67. The smallest absolute Gasteiger partial charge is 0.268 e. The fourth-order valence-electron chi connectivity index (χ4n) is 2.79. The molecule has 5 nitrogen and oxygen atoms in total. The third-order valence-electron chi connectivity index (χ3n) is 4.05. The third-order valence-corrected chi connectivity index (χ3v) is 4.05. The van der Waals surface area contributed by atoms with Gasteiger partial charge in [0.05, 0.1) is 0 Å². The lowest BCUT2D eigenvalue weighted by Gasteiger charge is -2.32. The predicted molar refractivity (Wildman–Crippen MR) is 83.1 cm³/mol. The van der Waals surface area contributed by atoms with Crippen LogP contribution < -0.4 is 5.32 Å². The second kappa shape index (κ2) is 6.82. The molecule has 0 saturated carbocycles. The lowest BCUT2D eigenvalue weighted by Crippen LogP contribution is -2.52. The van der Waals surface area contributed by atoms with Gasteiger partial charge in [-0.05, 0) is 31.0 Å². The minimum atomic E-state index is -0.680. The number of halogens is 2. The normalized spacial score (nSPS) is 17.8. The van der Waals surface area contributed by atoms with Crippen LogP contribution in [0, 0.1) is 11.6 Å². The van der Waals surface area contributed by atoms with E-state index in [2.05, 4.69) is 10.3 Å². The summed E-state index contributed by atoms with van der Waals surface area (Å²) in [6.45, 7) is 0.532. The van der Waals surface area contributed by atoms with E-state index in [0.29, 0.717) is 25.1 Å². The summed E-state index contributed by atoms with van der Waals surface area (Å²) in [6.07, 6.45) is 2.86. The molecule has 0 aliphatic carbocycles. The van der Waals surface area contributed by atoms with Crippen molar-refractivity contribution in [1.29, 1.82) is 0 Å². The highest BCUT2D eigenvalue weighted by molar-refractivity contribution is 5.96. The molecule has 24 heavy (non-hydrogen) atoms. The molecular formula is C17H17F2N3O2. The highest BCUT2D eigenvalue weighted by Crippen LogP contribution is 2.18. The highest BCUT2D eigenvalue weighted by Gasteiger charge is 2.30. The summed E-state index contributed by atoms with van der Waals surface area (Å²) in [7, 11) is 0. The van der Waals surface area contributed by atoms with Gasteiger partial charge < -0.3 is 15.2 Å². The number of likely N-dealkylation sites (tertiary alicyclic amines) is 1. The Hall–Kier alpha value is -2.70. The molecule has 7 heteroatoms. The molecule has 2 aromatic rings. The number of rotatable bonds is 4. The van der Waals surface area contributed by atoms with Crippen LogP contribution in [0.4, 0.5) is 8.78 Å². The van der Waals surface area contributed by atoms with Crippen LogP contribution in [-0.4, -0.2) is 34.3 Å². The monoisotopic (exact) mass is 333 g/mol. The van der Waals surface area contributed by atoms with Crippen LogP contribution in [0.5, 0.6) is 0 Å². The summed E-state index contributed by atoms with van der Waals surface area (Å²) < 4.78 is 26.7. The van der Waals surface area contributed by atoms with Gasteiger partial charge in [0.2, 0.25) is 5.91 Å². The number of nitrogens with zero attached hydrogens (tertiary/aromatic N) is 1. The van der Waals surface area contributed by atoms with E-state index in [4.69, 9.17) is 0 Å². The Bertz CT molecular complexity index is 746. The van der Waals surface area contributed by atoms with E-state index < -0.39 is 17.7 Å². The molecule has 3 rings (SSSR count). The van der Waals surface area contributed by atoms with Crippen LogP contribution in [0.2, 0.25) is 0 Å². The fourth-order valence-corrected chi connectivity index (χ4v) is 2.79. The Morgan fingerprint density at radius 2 is 2.17 bits per heavy atom. The number of aromatic nitrogens is 1. The van der Waals surface area contributed by atoms with Crippen molar-refractivity contribution in [2.45, 2.75) is 25.4 Å². The zero-order valence-electron chi connectivity index (χ0n) is 12.9. The second-order valence-electron chi connectivity index (χ2n) is 5.75. The van der Waals surface area contributed by atoms with E-state index in [1.807, 2.05) is 0 Å². The van der Waals surface area contributed by atoms with E-state index in [1.165, 1.54) is 11.0 Å². The second-order valence-corrected chi connectivity index (χ2v) is 5.75. The summed E-state index contributed by atoms with van der Waals surface area (Å²) in [5.74, 6) is -1.95. The van der Waals surface area contributed by atoms with Gasteiger partial charge in [-0.1, -0.05) is 6.07 Å². The standard InChI is InChI=1S/C17H17F2N3O2/c18-12-6-5-11(13(19)9-12)10-22-8-2-4-15(17(22)24)21-16(23)14-3-1-7-20-14/h1,3,5-7,9,15,20H,2,4,8,10H2,(H,21,23). The number of aromatic amines is 1. The topological polar surface area (TPSA) is 65.2 Å². The molecule has 1 aromatic carbocycles. The first-order valence-electron chi connectivity index (χ1n) is 7.71. The molecule has 2 heterocycles. The van der Waals surface area contributed by atoms with E-state index >= 15 is 0 Å². The number of carbonyl (C=O) groups excluding carboxylic acids is 2. The first-order valence-corrected chi connectivity index (χ1v) is 7.71. The number of nitrogens with one attached hydrogen (secondary N) is 2. The van der Waals surface area contributed by atoms with Crippen LogP contribution in [0.3, 0.4) is 0 Å². The SMILES string of the molecule is O=C(NC1CCCN(Cc2ccc(F)cc2F)C1=O)c1ccc[nH]1. The van der Waals surface area contributed by atoms with E-state index in [0.717, 1.165) is 12.1 Å². The number of carbonyl (C=O) groups is 2. The van der Waals surface area contributed by atoms with Crippen LogP contribution in [0.15, 0.2) is 36.5 Å². The van der Waals surface area contributed by atoms with Crippen molar-refractivity contribution in [2.24, 2.45) is 0 Å². The lowest BCUT2D eigenvalue weighted by atomic mass is 10.0. The Morgan fingerprint density at radius 3 is 2.88 bits per heavy atom. The average Bonchev–Trinajstić information content (AvgIpc) is 3.08. The number of H-pyrrole nitrogens is 1. The Kier molecular flexibility index (Phi) is 4.59. The molecule has 1 fully saturated rings. The molecule has 0 spiro atoms. The summed E-state index contributed by atoms with van der Waals surface area (Å²) in [5.41, 5.74) is 0.630. The lowest BCUT2D eigenvalue weighted by molar-refractivity contribution is -0.136. The van der Waals surface area contributed by atoms with E-state index in [1.54, 1.807) is 18.3 Å². The molecule has 1 saturated heterocycles. The van der Waals surface area contributed by atoms with Crippen molar-refractivity contribution >= 4 is 11.8 Å². The van der Waals surface area contributed by atoms with Gasteiger partial charge in [-0.25, -0.2) is 8.78 Å². The van der Waals surface area contributed by atoms with Gasteiger partial charge in [0.1, 0.15) is 23.4 Å². The van der Waals surface area contributed by atoms with Gasteiger partial charge in [0.25, 0.3) is 5.91 Å². The molecule has 1 atom stereocenters. The number of hydrogen-bond acceptors (Lipinski definition) is 2. The van der Waals surface area contributed by atoms with Crippen molar-refractivity contribution in [3.63, 3.8) is 0 Å². The molecule has 2 amide bonds. The molecule has 0 bridgehead atoms. The van der Waals surface area contributed by atoms with Crippen LogP contribution in [0.1, 0.15) is 28.9 Å². The van der Waals surface area contributed by atoms with Gasteiger partial charge >= 0.3 is 0 Å². The van der Waals surface area contributed by atoms with Crippen LogP contribution in [-0.2, 0) is 11.3 Å². The van der Waals surface area contributed by atoms with Gasteiger partial charge in [-0.3, -0.25) is 9.59 Å². The first kappa shape index (κ1) is 16.2. The third kappa shape index (κ3) is 3.45. The number of hydrogen-bond donors (Lipinski definition) is 2. The molecular weight excluding hydrogens is 316 g/mol. The van der Waals surface area contributed by atoms with Crippen molar-refractivity contribution in [3.8, 4) is 0 Å². The molecule has 126 valence electrons. The molecule has 1 aliphatic rings. The Labute approximate surface area is 137 Å². The first-order chi connectivity index (χ1) is 11.5. The summed E-state index contributed by atoms with van der Waals surface area (Å²) in [4.78, 5) is 28.8. The van der Waals surface area contributed by atoms with Crippen molar-refractivity contribution in [1.82, 2.24) is 15.2 Å². The maximum absolute atomic E-state index is 13.8. The Morgan fingerprint density at radius 1 is 1.33 bits per heavy atom. The minimum Gasteiger partial charge on any atom is -0.357 e. The maximum atomic E-state index is 13.8. The summed E-state index contributed by atoms with van der Waals surface area (Å²) in [6, 6.07) is 5.97. The quantitative estimate of drug-likeness (QED) is 0.901. The summed E-state index contributed by atoms with van der Waals surface area (Å²) in [5, 5.41) is 2.70. The van der Waals surface area contributed by atoms with Gasteiger partial charge in [-0.2, -0.15) is 0 Å². The highest BCUT2D eigenvalue weighted by atomic mass is 19.1. The predicted octanol–water partition coefficient (Wildman–Crippen LogP) is 2.21. The number of amides is 2. The molecule has 1 aliphatic heterocycles. The fraction of sp³-hybridized carbons (Fsp3) is 0.294. The van der Waals surface area contributed by atoms with Gasteiger partial charge in [0.15, 0.2) is 0 Å². The summed E-state index contributed by atoms with van der Waals surface area (Å²) >= 11 is 0. The van der Waals surface area contributed by atoms with Gasteiger partial charge in [0, 0.05) is 30.9 Å². The maximum Gasteiger partial charge on any atom is 0.268 e. The van der Waals surface area contributed by atoms with E-state index in [9.17, 15) is 18.4 Å². The molecule has 1 unspecified atom stereocenters. The van der Waals surface area contributed by atoms with Crippen molar-refractivity contribution in [2.75, 3.05) is 6.54 Å². The molecule has 0 radical (unpaired) electrons. The minimum absolute atomic E-state index is 0.0554. The largest absolute Gasteiger partial charge is 0.357 e. The molecule has 1 aromatic heterocycles. The van der Waals surface area contributed by atoms with E-state index in [-0.39, 0.29) is 23.9 Å². The van der Waals surface area contributed by atoms with Gasteiger partial charge in [-0.15, -0.1) is 0 Å². The zero-order chi connectivity index (χ0) is 17.1. The van der Waals surface area contributed by atoms with Crippen LogP contribution >= 0.6 is 0 Å².